The van der Waals surface area contributed by atoms with Gasteiger partial charge in [0, 0.05) is 18.4 Å². The van der Waals surface area contributed by atoms with Crippen molar-refractivity contribution in [1.29, 1.82) is 0 Å². The average Bonchev–Trinajstić information content (AvgIpc) is 2.61. The quantitative estimate of drug-likeness (QED) is 0.502. The highest BCUT2D eigenvalue weighted by atomic mass is 32.2. The Hall–Kier alpha value is -2.74. The van der Waals surface area contributed by atoms with Gasteiger partial charge in [0.1, 0.15) is 11.5 Å². The number of methoxy groups -OCH3 is 1. The lowest BCUT2D eigenvalue weighted by molar-refractivity contribution is -0.116. The van der Waals surface area contributed by atoms with Gasteiger partial charge >= 0.3 is 0 Å². The van der Waals surface area contributed by atoms with Crippen molar-refractivity contribution in [2.24, 2.45) is 0 Å². The molecule has 0 unspecified atom stereocenters. The molecule has 0 saturated carbocycles. The number of unbranched alkanes of at least 4 members (excludes halogenated alkanes) is 1. The number of hydrogen-bond donors (Lipinski definition) is 2. The monoisotopic (exact) mass is 392 g/mol. The van der Waals surface area contributed by atoms with Crippen LogP contribution in [0.4, 0.5) is 11.4 Å². The minimum absolute atomic E-state index is 0.0999. The van der Waals surface area contributed by atoms with Crippen LogP contribution in [0.25, 0.3) is 0 Å². The number of hydrogen-bond acceptors (Lipinski definition) is 6. The van der Waals surface area contributed by atoms with Crippen LogP contribution < -0.4 is 20.5 Å². The number of rotatable bonds is 9. The molecule has 7 nitrogen and oxygen atoms in total. The van der Waals surface area contributed by atoms with Crippen LogP contribution in [-0.4, -0.2) is 34.3 Å². The van der Waals surface area contributed by atoms with Gasteiger partial charge in [-0.05, 0) is 55.3 Å². The van der Waals surface area contributed by atoms with E-state index in [0.29, 0.717) is 48.7 Å². The van der Waals surface area contributed by atoms with E-state index < -0.39 is 9.84 Å². The summed E-state index contributed by atoms with van der Waals surface area (Å²) in [5.41, 5.74) is 6.90. The highest BCUT2D eigenvalue weighted by molar-refractivity contribution is 7.90. The maximum atomic E-state index is 12.0. The van der Waals surface area contributed by atoms with Crippen molar-refractivity contribution in [3.63, 3.8) is 0 Å². The first kappa shape index (κ1) is 20.6. The van der Waals surface area contributed by atoms with E-state index in [0.717, 1.165) is 6.26 Å². The fourth-order valence-electron chi connectivity index (χ4n) is 2.40. The third kappa shape index (κ3) is 6.49. The Labute approximate surface area is 159 Å². The molecule has 146 valence electrons. The van der Waals surface area contributed by atoms with Crippen molar-refractivity contribution in [1.82, 2.24) is 0 Å². The summed E-state index contributed by atoms with van der Waals surface area (Å²) in [7, 11) is -1.67. The average molecular weight is 392 g/mol. The van der Waals surface area contributed by atoms with Crippen LogP contribution >= 0.6 is 0 Å². The Bertz CT molecular complexity index is 879. The molecule has 8 heteroatoms. The highest BCUT2D eigenvalue weighted by Crippen LogP contribution is 2.24. The van der Waals surface area contributed by atoms with Crippen LogP contribution in [-0.2, 0) is 14.6 Å². The largest absolute Gasteiger partial charge is 0.495 e. The summed E-state index contributed by atoms with van der Waals surface area (Å²) in [5.74, 6) is 1.06. The smallest absolute Gasteiger partial charge is 0.224 e. The van der Waals surface area contributed by atoms with Crippen molar-refractivity contribution in [2.75, 3.05) is 31.0 Å². The Morgan fingerprint density at radius 1 is 1.11 bits per heavy atom. The van der Waals surface area contributed by atoms with Gasteiger partial charge in [-0.25, -0.2) is 8.42 Å². The van der Waals surface area contributed by atoms with Crippen molar-refractivity contribution in [3.8, 4) is 11.5 Å². The van der Waals surface area contributed by atoms with Crippen molar-refractivity contribution in [3.05, 3.63) is 42.5 Å². The lowest BCUT2D eigenvalue weighted by atomic mass is 10.2. The fraction of sp³-hybridized carbons (Fsp3) is 0.316. The second kappa shape index (κ2) is 9.27. The molecule has 2 rings (SSSR count). The third-order valence-corrected chi connectivity index (χ3v) is 4.96. The second-order valence-electron chi connectivity index (χ2n) is 6.05. The predicted octanol–water partition coefficient (Wildman–Crippen LogP) is 2.87. The zero-order valence-electron chi connectivity index (χ0n) is 15.4. The van der Waals surface area contributed by atoms with Crippen LogP contribution in [0.1, 0.15) is 19.3 Å². The van der Waals surface area contributed by atoms with Crippen molar-refractivity contribution < 1.29 is 22.7 Å². The highest BCUT2D eigenvalue weighted by Gasteiger charge is 2.07. The van der Waals surface area contributed by atoms with E-state index in [-0.39, 0.29) is 10.8 Å². The van der Waals surface area contributed by atoms with Gasteiger partial charge in [-0.2, -0.15) is 0 Å². The van der Waals surface area contributed by atoms with E-state index in [1.54, 1.807) is 30.3 Å². The molecule has 27 heavy (non-hydrogen) atoms. The lowest BCUT2D eigenvalue weighted by Gasteiger charge is -2.09. The number of anilines is 2. The molecule has 0 heterocycles. The molecule has 0 aromatic heterocycles. The molecule has 0 radical (unpaired) electrons. The molecule has 2 aromatic carbocycles. The summed E-state index contributed by atoms with van der Waals surface area (Å²) in [6.07, 6.45) is 2.89. The Morgan fingerprint density at radius 3 is 2.41 bits per heavy atom. The van der Waals surface area contributed by atoms with E-state index in [9.17, 15) is 13.2 Å². The van der Waals surface area contributed by atoms with Gasteiger partial charge in [0.2, 0.25) is 5.91 Å². The molecule has 0 bridgehead atoms. The summed E-state index contributed by atoms with van der Waals surface area (Å²) in [5, 5.41) is 2.79. The number of nitrogens with one attached hydrogen (secondary N) is 1. The van der Waals surface area contributed by atoms with Gasteiger partial charge in [0.25, 0.3) is 0 Å². The summed E-state index contributed by atoms with van der Waals surface area (Å²) < 4.78 is 33.4. The minimum Gasteiger partial charge on any atom is -0.495 e. The lowest BCUT2D eigenvalue weighted by Crippen LogP contribution is -2.12. The Morgan fingerprint density at radius 2 is 1.81 bits per heavy atom. The van der Waals surface area contributed by atoms with Gasteiger partial charge in [-0.1, -0.05) is 0 Å². The first-order valence-electron chi connectivity index (χ1n) is 8.46. The molecular weight excluding hydrogens is 368 g/mol. The summed E-state index contributed by atoms with van der Waals surface area (Å²) >= 11 is 0. The summed E-state index contributed by atoms with van der Waals surface area (Å²) in [6, 6.07) is 11.4. The molecule has 0 aliphatic heterocycles. The van der Waals surface area contributed by atoms with E-state index in [1.165, 1.54) is 19.2 Å². The zero-order valence-corrected chi connectivity index (χ0v) is 16.2. The Kier molecular flexibility index (Phi) is 7.06. The van der Waals surface area contributed by atoms with Crippen LogP contribution in [0.3, 0.4) is 0 Å². The van der Waals surface area contributed by atoms with Crippen LogP contribution in [0.15, 0.2) is 47.4 Å². The standard InChI is InChI=1S/C19H24N2O5S/c1-25-18-11-6-14(13-17(18)20)21-19(22)5-3-4-12-26-15-7-9-16(10-8-15)27(2,23)24/h6-11,13H,3-5,12,20H2,1-2H3,(H,21,22). The molecule has 0 spiro atoms. The van der Waals surface area contributed by atoms with Crippen molar-refractivity contribution in [2.45, 2.75) is 24.2 Å². The van der Waals surface area contributed by atoms with Gasteiger partial charge in [0.05, 0.1) is 24.3 Å². The van der Waals surface area contributed by atoms with Gasteiger partial charge in [0.15, 0.2) is 9.84 Å². The van der Waals surface area contributed by atoms with E-state index >= 15 is 0 Å². The maximum absolute atomic E-state index is 12.0. The third-order valence-electron chi connectivity index (χ3n) is 3.83. The molecule has 0 aliphatic rings. The molecule has 2 aromatic rings. The first-order valence-corrected chi connectivity index (χ1v) is 10.3. The topological polar surface area (TPSA) is 108 Å². The summed E-state index contributed by atoms with van der Waals surface area (Å²) in [4.78, 5) is 12.2. The van der Waals surface area contributed by atoms with E-state index in [2.05, 4.69) is 5.32 Å². The predicted molar refractivity (Wildman–Crippen MR) is 105 cm³/mol. The number of ether oxygens (including phenoxy) is 2. The summed E-state index contributed by atoms with van der Waals surface area (Å²) in [6.45, 7) is 0.445. The molecule has 0 atom stereocenters. The number of amides is 1. The van der Waals surface area contributed by atoms with Crippen LogP contribution in [0.2, 0.25) is 0 Å². The van der Waals surface area contributed by atoms with Gasteiger partial charge in [-0.3, -0.25) is 4.79 Å². The molecule has 0 saturated heterocycles. The number of carbonyl (C=O) groups excluding carboxylic acids is 1. The zero-order chi connectivity index (χ0) is 19.9. The van der Waals surface area contributed by atoms with E-state index in [4.69, 9.17) is 15.2 Å². The molecule has 3 N–H and O–H groups in total. The molecule has 1 amide bonds. The number of nitrogen functional groups attached to an aromatic ring is 1. The van der Waals surface area contributed by atoms with E-state index in [1.807, 2.05) is 0 Å². The maximum Gasteiger partial charge on any atom is 0.224 e. The number of nitrogens with two attached hydrogens (primary N) is 1. The van der Waals surface area contributed by atoms with Crippen LogP contribution in [0, 0.1) is 0 Å². The van der Waals surface area contributed by atoms with Crippen LogP contribution in [0.5, 0.6) is 11.5 Å². The second-order valence-corrected chi connectivity index (χ2v) is 8.07. The molecular formula is C19H24N2O5S. The fourth-order valence-corrected chi connectivity index (χ4v) is 3.03. The first-order chi connectivity index (χ1) is 12.8. The normalized spacial score (nSPS) is 11.0. The minimum atomic E-state index is -3.21. The van der Waals surface area contributed by atoms with Gasteiger partial charge in [-0.15, -0.1) is 0 Å². The van der Waals surface area contributed by atoms with Crippen molar-refractivity contribution >= 4 is 27.1 Å². The SMILES string of the molecule is COc1ccc(NC(=O)CCCCOc2ccc(S(C)(=O)=O)cc2)cc1N. The Balaban J connectivity index is 1.69. The number of carbonyl (C=O) groups is 1. The molecule has 0 fully saturated rings. The van der Waals surface area contributed by atoms with Gasteiger partial charge < -0.3 is 20.5 Å². The number of benzene rings is 2. The number of sulfone groups is 1. The molecule has 0 aliphatic carbocycles.